The summed E-state index contributed by atoms with van der Waals surface area (Å²) in [5.41, 5.74) is 1.94. The highest BCUT2D eigenvalue weighted by Crippen LogP contribution is 2.31. The lowest BCUT2D eigenvalue weighted by molar-refractivity contribution is -0.131. The molecule has 8 heteroatoms. The minimum Gasteiger partial charge on any atom is -0.462 e. The van der Waals surface area contributed by atoms with E-state index in [2.05, 4.69) is 17.2 Å². The SMILES string of the molecule is CCCc1ccc([C@]2(C)NC(=O)N([C@H](C)C(=O)c3[nH]c(C)c(C(=O)OCC)c3C)C2=O)cc1. The first-order chi connectivity index (χ1) is 15.6. The molecular formula is C25H31N3O5. The highest BCUT2D eigenvalue weighted by molar-refractivity contribution is 6.13. The van der Waals surface area contributed by atoms with E-state index >= 15 is 0 Å². The lowest BCUT2D eigenvalue weighted by Crippen LogP contribution is -2.45. The van der Waals surface area contributed by atoms with Gasteiger partial charge in [-0.25, -0.2) is 9.59 Å². The van der Waals surface area contributed by atoms with Crippen molar-refractivity contribution in [3.8, 4) is 0 Å². The fourth-order valence-electron chi connectivity index (χ4n) is 4.33. The summed E-state index contributed by atoms with van der Waals surface area (Å²) in [6.07, 6.45) is 1.94. The highest BCUT2D eigenvalue weighted by atomic mass is 16.5. The second-order valence-electron chi connectivity index (χ2n) is 8.56. The smallest absolute Gasteiger partial charge is 0.340 e. The van der Waals surface area contributed by atoms with Crippen molar-refractivity contribution in [3.05, 3.63) is 57.9 Å². The van der Waals surface area contributed by atoms with Gasteiger partial charge in [0.05, 0.1) is 17.9 Å². The summed E-state index contributed by atoms with van der Waals surface area (Å²) in [4.78, 5) is 55.7. The second-order valence-corrected chi connectivity index (χ2v) is 8.56. The van der Waals surface area contributed by atoms with Crippen molar-refractivity contribution >= 4 is 23.7 Å². The number of benzene rings is 1. The van der Waals surface area contributed by atoms with Gasteiger partial charge in [-0.15, -0.1) is 0 Å². The number of ketones is 1. The number of ether oxygens (including phenoxy) is 1. The molecule has 0 aliphatic carbocycles. The Hall–Kier alpha value is -3.42. The molecule has 1 aromatic carbocycles. The maximum absolute atomic E-state index is 13.4. The Morgan fingerprint density at radius 1 is 1.12 bits per heavy atom. The molecule has 1 aromatic heterocycles. The van der Waals surface area contributed by atoms with Gasteiger partial charge in [-0.2, -0.15) is 0 Å². The normalized spacial score (nSPS) is 18.9. The number of Topliss-reactive ketones (excluding diaryl/α,β-unsaturated/α-hetero) is 1. The van der Waals surface area contributed by atoms with Crippen LogP contribution in [-0.4, -0.2) is 46.2 Å². The Balaban J connectivity index is 1.89. The molecule has 2 N–H and O–H groups in total. The van der Waals surface area contributed by atoms with E-state index in [9.17, 15) is 19.2 Å². The van der Waals surface area contributed by atoms with Gasteiger partial charge in [-0.1, -0.05) is 37.6 Å². The predicted molar refractivity (Wildman–Crippen MR) is 123 cm³/mol. The van der Waals surface area contributed by atoms with Crippen LogP contribution < -0.4 is 5.32 Å². The summed E-state index contributed by atoms with van der Waals surface area (Å²) < 4.78 is 5.08. The number of aromatic nitrogens is 1. The molecule has 33 heavy (non-hydrogen) atoms. The van der Waals surface area contributed by atoms with E-state index in [-0.39, 0.29) is 12.3 Å². The molecule has 0 spiro atoms. The van der Waals surface area contributed by atoms with Crippen LogP contribution in [0.2, 0.25) is 0 Å². The van der Waals surface area contributed by atoms with Crippen molar-refractivity contribution in [1.29, 1.82) is 0 Å². The zero-order valence-corrected chi connectivity index (χ0v) is 20.0. The summed E-state index contributed by atoms with van der Waals surface area (Å²) in [6, 6.07) is 5.87. The lowest BCUT2D eigenvalue weighted by atomic mass is 9.90. The van der Waals surface area contributed by atoms with Crippen LogP contribution in [0.25, 0.3) is 0 Å². The van der Waals surface area contributed by atoms with Gasteiger partial charge in [0.1, 0.15) is 11.6 Å². The summed E-state index contributed by atoms with van der Waals surface area (Å²) in [5.74, 6) is -1.48. The fourth-order valence-corrected chi connectivity index (χ4v) is 4.33. The van der Waals surface area contributed by atoms with Crippen molar-refractivity contribution < 1.29 is 23.9 Å². The molecule has 1 fully saturated rings. The number of hydrogen-bond donors (Lipinski definition) is 2. The first-order valence-electron chi connectivity index (χ1n) is 11.2. The van der Waals surface area contributed by atoms with Crippen LogP contribution in [0.5, 0.6) is 0 Å². The Morgan fingerprint density at radius 2 is 1.76 bits per heavy atom. The molecule has 1 aliphatic rings. The molecule has 0 radical (unpaired) electrons. The number of H-pyrrole nitrogens is 1. The van der Waals surface area contributed by atoms with E-state index in [1.54, 1.807) is 27.7 Å². The summed E-state index contributed by atoms with van der Waals surface area (Å²) >= 11 is 0. The number of nitrogens with zero attached hydrogens (tertiary/aromatic N) is 1. The van der Waals surface area contributed by atoms with Crippen molar-refractivity contribution in [2.24, 2.45) is 0 Å². The van der Waals surface area contributed by atoms with Gasteiger partial charge in [0.25, 0.3) is 5.91 Å². The summed E-state index contributed by atoms with van der Waals surface area (Å²) in [5, 5.41) is 2.75. The van der Waals surface area contributed by atoms with E-state index < -0.39 is 35.3 Å². The first kappa shape index (κ1) is 24.2. The Bertz CT molecular complexity index is 1100. The second kappa shape index (κ2) is 9.21. The number of aryl methyl sites for hydroxylation is 2. The van der Waals surface area contributed by atoms with Crippen LogP contribution >= 0.6 is 0 Å². The van der Waals surface area contributed by atoms with Gasteiger partial charge >= 0.3 is 12.0 Å². The van der Waals surface area contributed by atoms with E-state index in [1.165, 1.54) is 6.92 Å². The fraction of sp³-hybridized carbons (Fsp3) is 0.440. The van der Waals surface area contributed by atoms with Gasteiger partial charge in [-0.3, -0.25) is 14.5 Å². The highest BCUT2D eigenvalue weighted by Gasteiger charge is 2.52. The van der Waals surface area contributed by atoms with Gasteiger partial charge in [0.2, 0.25) is 5.78 Å². The number of amides is 3. The van der Waals surface area contributed by atoms with Crippen LogP contribution in [0.4, 0.5) is 4.79 Å². The minimum absolute atomic E-state index is 0.182. The first-order valence-corrected chi connectivity index (χ1v) is 11.2. The molecule has 8 nitrogen and oxygen atoms in total. The number of hydrogen-bond acceptors (Lipinski definition) is 5. The zero-order chi connectivity index (χ0) is 24.5. The zero-order valence-electron chi connectivity index (χ0n) is 20.0. The number of esters is 1. The average Bonchev–Trinajstić information content (AvgIpc) is 3.19. The molecule has 2 atom stereocenters. The van der Waals surface area contributed by atoms with E-state index in [0.717, 1.165) is 23.3 Å². The third kappa shape index (κ3) is 4.17. The van der Waals surface area contributed by atoms with Crippen LogP contribution in [0, 0.1) is 13.8 Å². The monoisotopic (exact) mass is 453 g/mol. The molecular weight excluding hydrogens is 422 g/mol. The molecule has 0 unspecified atom stereocenters. The maximum atomic E-state index is 13.4. The molecule has 1 saturated heterocycles. The number of rotatable bonds is 8. The molecule has 176 valence electrons. The van der Waals surface area contributed by atoms with Gasteiger partial charge in [0, 0.05) is 5.69 Å². The predicted octanol–water partition coefficient (Wildman–Crippen LogP) is 3.80. The van der Waals surface area contributed by atoms with Crippen LogP contribution in [0.3, 0.4) is 0 Å². The number of carbonyl (C=O) groups excluding carboxylic acids is 4. The van der Waals surface area contributed by atoms with Gasteiger partial charge in [0.15, 0.2) is 0 Å². The van der Waals surface area contributed by atoms with Crippen molar-refractivity contribution in [2.45, 2.75) is 66.0 Å². The Kier molecular flexibility index (Phi) is 6.76. The number of imide groups is 1. The number of urea groups is 1. The number of aromatic amines is 1. The van der Waals surface area contributed by atoms with Crippen molar-refractivity contribution in [3.63, 3.8) is 0 Å². The third-order valence-electron chi connectivity index (χ3n) is 6.22. The average molecular weight is 454 g/mol. The lowest BCUT2D eigenvalue weighted by Gasteiger charge is -2.24. The molecule has 2 aromatic rings. The summed E-state index contributed by atoms with van der Waals surface area (Å²) in [6.45, 7) is 10.5. The van der Waals surface area contributed by atoms with Crippen LogP contribution in [0.15, 0.2) is 24.3 Å². The summed E-state index contributed by atoms with van der Waals surface area (Å²) in [7, 11) is 0. The molecule has 3 rings (SSSR count). The Morgan fingerprint density at radius 3 is 2.33 bits per heavy atom. The minimum atomic E-state index is -1.27. The Labute approximate surface area is 193 Å². The van der Waals surface area contributed by atoms with Crippen LogP contribution in [-0.2, 0) is 21.5 Å². The third-order valence-corrected chi connectivity index (χ3v) is 6.22. The van der Waals surface area contributed by atoms with Crippen molar-refractivity contribution in [2.75, 3.05) is 6.61 Å². The van der Waals surface area contributed by atoms with E-state index in [1.807, 2.05) is 24.3 Å². The van der Waals surface area contributed by atoms with Crippen molar-refractivity contribution in [1.82, 2.24) is 15.2 Å². The molecule has 0 saturated carbocycles. The maximum Gasteiger partial charge on any atom is 0.340 e. The van der Waals surface area contributed by atoms with Crippen LogP contribution in [0.1, 0.15) is 77.3 Å². The standard InChI is InChI=1S/C25H31N3O5/c1-7-9-17-10-12-18(13-11-17)25(6)23(31)28(24(32)27-25)16(5)21(29)20-14(3)19(15(4)26-20)22(30)33-8-2/h10-13,16,26H,7-9H2,1-6H3,(H,27,32)/t16-,25+/m1/s1. The molecule has 3 amide bonds. The number of carbonyl (C=O) groups is 4. The topological polar surface area (TPSA) is 109 Å². The molecule has 2 heterocycles. The largest absolute Gasteiger partial charge is 0.462 e. The van der Waals surface area contributed by atoms with E-state index in [4.69, 9.17) is 4.74 Å². The van der Waals surface area contributed by atoms with Gasteiger partial charge < -0.3 is 15.0 Å². The molecule has 0 bridgehead atoms. The van der Waals surface area contributed by atoms with Gasteiger partial charge in [-0.05, 0) is 57.7 Å². The number of nitrogens with one attached hydrogen (secondary N) is 2. The van der Waals surface area contributed by atoms with E-state index in [0.29, 0.717) is 22.4 Å². The quantitative estimate of drug-likeness (QED) is 0.359. The molecule has 1 aliphatic heterocycles.